The van der Waals surface area contributed by atoms with Gasteiger partial charge < -0.3 is 5.32 Å². The largest absolute Gasteiger partial charge is 0.319 e. The Morgan fingerprint density at radius 2 is 1.62 bits per heavy atom. The monoisotopic (exact) mass is 386 g/mol. The van der Waals surface area contributed by atoms with E-state index < -0.39 is 5.91 Å². The fourth-order valence-electron chi connectivity index (χ4n) is 2.95. The average molecular weight is 386 g/mol. The van der Waals surface area contributed by atoms with Crippen LogP contribution in [-0.4, -0.2) is 20.7 Å². The van der Waals surface area contributed by atoms with E-state index in [1.165, 1.54) is 12.1 Å². The summed E-state index contributed by atoms with van der Waals surface area (Å²) in [4.78, 5) is 17.3. The Kier molecular flexibility index (Phi) is 4.91. The first-order valence-electron chi connectivity index (χ1n) is 9.18. The topological polar surface area (TPSA) is 59.8 Å². The molecule has 0 spiro atoms. The molecule has 0 fully saturated rings. The molecule has 4 rings (SSSR count). The highest BCUT2D eigenvalue weighted by molar-refractivity contribution is 6.02. The van der Waals surface area contributed by atoms with E-state index in [0.29, 0.717) is 17.2 Å². The van der Waals surface area contributed by atoms with Crippen LogP contribution < -0.4 is 5.32 Å². The molecule has 144 valence electrons. The number of nitrogens with zero attached hydrogens (tertiary/aromatic N) is 3. The fourth-order valence-corrected chi connectivity index (χ4v) is 2.95. The van der Waals surface area contributed by atoms with E-state index in [0.717, 1.165) is 16.7 Å². The first kappa shape index (κ1) is 18.6. The number of carbonyl (C=O) groups excluding carboxylic acids is 1. The van der Waals surface area contributed by atoms with E-state index in [1.807, 2.05) is 62.4 Å². The van der Waals surface area contributed by atoms with Crippen molar-refractivity contribution in [1.29, 1.82) is 0 Å². The molecule has 29 heavy (non-hydrogen) atoms. The zero-order valence-corrected chi connectivity index (χ0v) is 16.1. The van der Waals surface area contributed by atoms with Gasteiger partial charge in [0.2, 0.25) is 5.82 Å². The molecule has 1 amide bonds. The number of benzene rings is 3. The third kappa shape index (κ3) is 3.91. The van der Waals surface area contributed by atoms with Gasteiger partial charge in [0.25, 0.3) is 5.91 Å². The molecule has 0 saturated carbocycles. The number of anilines is 1. The predicted octanol–water partition coefficient (Wildman–Crippen LogP) is 4.94. The van der Waals surface area contributed by atoms with Crippen molar-refractivity contribution in [1.82, 2.24) is 14.8 Å². The van der Waals surface area contributed by atoms with Crippen molar-refractivity contribution in [2.24, 2.45) is 0 Å². The van der Waals surface area contributed by atoms with Crippen molar-refractivity contribution in [3.8, 4) is 17.1 Å². The first-order valence-corrected chi connectivity index (χ1v) is 9.18. The summed E-state index contributed by atoms with van der Waals surface area (Å²) in [6, 6.07) is 21.2. The highest BCUT2D eigenvalue weighted by atomic mass is 19.1. The summed E-state index contributed by atoms with van der Waals surface area (Å²) in [6.45, 7) is 3.91. The van der Waals surface area contributed by atoms with Crippen LogP contribution >= 0.6 is 0 Å². The van der Waals surface area contributed by atoms with Crippen molar-refractivity contribution in [2.75, 3.05) is 5.32 Å². The summed E-state index contributed by atoms with van der Waals surface area (Å²) in [5.41, 5.74) is 4.18. The lowest BCUT2D eigenvalue weighted by molar-refractivity contribution is 0.101. The van der Waals surface area contributed by atoms with Gasteiger partial charge in [0.15, 0.2) is 5.82 Å². The van der Waals surface area contributed by atoms with Crippen molar-refractivity contribution >= 4 is 11.6 Å². The third-order valence-corrected chi connectivity index (χ3v) is 4.58. The fraction of sp³-hybridized carbons (Fsp3) is 0.0870. The molecule has 4 aromatic rings. The first-order chi connectivity index (χ1) is 14.0. The third-order valence-electron chi connectivity index (χ3n) is 4.58. The van der Waals surface area contributed by atoms with Gasteiger partial charge in [-0.25, -0.2) is 14.1 Å². The van der Waals surface area contributed by atoms with E-state index in [1.54, 1.807) is 16.8 Å². The summed E-state index contributed by atoms with van der Waals surface area (Å²) in [7, 11) is 0. The molecule has 0 aliphatic rings. The van der Waals surface area contributed by atoms with Crippen LogP contribution in [-0.2, 0) is 0 Å². The number of para-hydroxylation sites is 1. The maximum Gasteiger partial charge on any atom is 0.295 e. The summed E-state index contributed by atoms with van der Waals surface area (Å²) >= 11 is 0. The quantitative estimate of drug-likeness (QED) is 0.540. The highest BCUT2D eigenvalue weighted by Gasteiger charge is 2.19. The Morgan fingerprint density at radius 3 is 2.31 bits per heavy atom. The second-order valence-corrected chi connectivity index (χ2v) is 6.78. The Bertz CT molecular complexity index is 1100. The van der Waals surface area contributed by atoms with E-state index in [9.17, 15) is 9.18 Å². The molecule has 3 aromatic carbocycles. The molecule has 0 unspecified atom stereocenters. The van der Waals surface area contributed by atoms with Gasteiger partial charge in [-0.05, 0) is 49.7 Å². The van der Waals surface area contributed by atoms with Gasteiger partial charge in [0.1, 0.15) is 5.82 Å². The molecule has 6 heteroatoms. The van der Waals surface area contributed by atoms with Crippen LogP contribution in [0, 0.1) is 19.7 Å². The molecule has 5 nitrogen and oxygen atoms in total. The summed E-state index contributed by atoms with van der Waals surface area (Å²) in [5.74, 6) is -0.212. The van der Waals surface area contributed by atoms with Crippen LogP contribution in [0.5, 0.6) is 0 Å². The molecular formula is C23H19FN4O. The van der Waals surface area contributed by atoms with Gasteiger partial charge >= 0.3 is 0 Å². The molecular weight excluding hydrogens is 367 g/mol. The van der Waals surface area contributed by atoms with Crippen molar-refractivity contribution in [3.63, 3.8) is 0 Å². The predicted molar refractivity (Wildman–Crippen MR) is 111 cm³/mol. The van der Waals surface area contributed by atoms with E-state index in [-0.39, 0.29) is 11.6 Å². The van der Waals surface area contributed by atoms with Crippen molar-refractivity contribution in [2.45, 2.75) is 13.8 Å². The van der Waals surface area contributed by atoms with E-state index >= 15 is 0 Å². The lowest BCUT2D eigenvalue weighted by Crippen LogP contribution is -2.15. The molecule has 0 aliphatic carbocycles. The number of rotatable bonds is 4. The van der Waals surface area contributed by atoms with Crippen molar-refractivity contribution < 1.29 is 9.18 Å². The molecule has 0 bridgehead atoms. The Morgan fingerprint density at radius 1 is 0.931 bits per heavy atom. The van der Waals surface area contributed by atoms with Gasteiger partial charge in [-0.2, -0.15) is 0 Å². The molecule has 0 atom stereocenters. The number of halogens is 1. The van der Waals surface area contributed by atoms with Gasteiger partial charge in [-0.15, -0.1) is 5.10 Å². The van der Waals surface area contributed by atoms with Gasteiger partial charge in [0, 0.05) is 11.3 Å². The number of carbonyl (C=O) groups is 1. The number of aryl methyl sites for hydroxylation is 2. The minimum atomic E-state index is -0.409. The lowest BCUT2D eigenvalue weighted by Gasteiger charge is -2.06. The van der Waals surface area contributed by atoms with Crippen LogP contribution in [0.1, 0.15) is 21.7 Å². The standard InChI is InChI=1S/C23H19FN4O/c1-15-7-9-17(10-8-15)22-26-21(23(29)25-20-6-4-3-5-16(20)2)27-28(22)19-13-11-18(24)12-14-19/h3-14H,1-2H3,(H,25,29). The van der Waals surface area contributed by atoms with Gasteiger partial charge in [-0.3, -0.25) is 4.79 Å². The second-order valence-electron chi connectivity index (χ2n) is 6.78. The second kappa shape index (κ2) is 7.67. The molecule has 1 aromatic heterocycles. The van der Waals surface area contributed by atoms with Crippen LogP contribution in [0.2, 0.25) is 0 Å². The summed E-state index contributed by atoms with van der Waals surface area (Å²) in [6.07, 6.45) is 0. The van der Waals surface area contributed by atoms with Crippen LogP contribution in [0.25, 0.3) is 17.1 Å². The number of amides is 1. The zero-order chi connectivity index (χ0) is 20.4. The average Bonchev–Trinajstić information content (AvgIpc) is 3.16. The SMILES string of the molecule is Cc1ccc(-c2nc(C(=O)Nc3ccccc3C)nn2-c2ccc(F)cc2)cc1. The molecule has 0 saturated heterocycles. The van der Waals surface area contributed by atoms with E-state index in [2.05, 4.69) is 15.4 Å². The number of hydrogen-bond acceptors (Lipinski definition) is 3. The van der Waals surface area contributed by atoms with Crippen molar-refractivity contribution in [3.05, 3.63) is 95.6 Å². The Labute approximate surface area is 167 Å². The van der Waals surface area contributed by atoms with Gasteiger partial charge in [0.05, 0.1) is 5.69 Å². The number of aromatic nitrogens is 3. The molecule has 1 N–H and O–H groups in total. The molecule has 0 radical (unpaired) electrons. The minimum Gasteiger partial charge on any atom is -0.319 e. The Balaban J connectivity index is 1.76. The summed E-state index contributed by atoms with van der Waals surface area (Å²) < 4.78 is 14.9. The zero-order valence-electron chi connectivity index (χ0n) is 16.1. The van der Waals surface area contributed by atoms with Crippen LogP contribution in [0.4, 0.5) is 10.1 Å². The number of hydrogen-bond donors (Lipinski definition) is 1. The summed E-state index contributed by atoms with van der Waals surface area (Å²) in [5, 5.41) is 7.26. The molecule has 1 heterocycles. The number of nitrogens with one attached hydrogen (secondary N) is 1. The maximum absolute atomic E-state index is 13.4. The van der Waals surface area contributed by atoms with Crippen LogP contribution in [0.3, 0.4) is 0 Å². The highest BCUT2D eigenvalue weighted by Crippen LogP contribution is 2.23. The lowest BCUT2D eigenvalue weighted by atomic mass is 10.1. The van der Waals surface area contributed by atoms with Crippen LogP contribution in [0.15, 0.2) is 72.8 Å². The maximum atomic E-state index is 13.4. The smallest absolute Gasteiger partial charge is 0.295 e. The van der Waals surface area contributed by atoms with Gasteiger partial charge in [-0.1, -0.05) is 48.0 Å². The molecule has 0 aliphatic heterocycles. The van der Waals surface area contributed by atoms with E-state index in [4.69, 9.17) is 0 Å². The minimum absolute atomic E-state index is 0.0353. The Hall–Kier alpha value is -3.80. The normalized spacial score (nSPS) is 10.7.